The molecule has 266 valence electrons. The molecular weight excluding hydrogens is 693 g/mol. The highest BCUT2D eigenvalue weighted by atomic mass is 35.5. The number of alkyl halides is 5. The second-order valence-corrected chi connectivity index (χ2v) is 13.6. The fourth-order valence-corrected chi connectivity index (χ4v) is 7.13. The number of carbonyl (C=O) groups is 3. The highest BCUT2D eigenvalue weighted by Gasteiger charge is 2.60. The summed E-state index contributed by atoms with van der Waals surface area (Å²) >= 11 is 6.39. The lowest BCUT2D eigenvalue weighted by molar-refractivity contribution is -0.141. The van der Waals surface area contributed by atoms with Gasteiger partial charge in [-0.2, -0.15) is 18.3 Å². The first-order valence-corrected chi connectivity index (χ1v) is 16.1. The molecule has 13 nitrogen and oxygen atoms in total. The van der Waals surface area contributed by atoms with Crippen molar-refractivity contribution in [3.8, 4) is 11.3 Å². The Bertz CT molecular complexity index is 1900. The van der Waals surface area contributed by atoms with Crippen molar-refractivity contribution in [2.75, 3.05) is 31.5 Å². The number of amides is 3. The van der Waals surface area contributed by atoms with E-state index in [1.54, 1.807) is 4.90 Å². The number of aliphatic hydroxyl groups is 1. The summed E-state index contributed by atoms with van der Waals surface area (Å²) in [4.78, 5) is 44.5. The summed E-state index contributed by atoms with van der Waals surface area (Å²) in [6.07, 6.45) is -4.43. The summed E-state index contributed by atoms with van der Waals surface area (Å²) < 4.78 is 70.1. The van der Waals surface area contributed by atoms with Gasteiger partial charge in [0.25, 0.3) is 17.7 Å². The molecule has 5 N–H and O–H groups in total. The number of β-amino-alcohol motifs (C(OH)–C–C–N with tert-alkyl or cyclic N) is 1. The van der Waals surface area contributed by atoms with Gasteiger partial charge in [0, 0.05) is 81.0 Å². The Morgan fingerprint density at radius 3 is 2.46 bits per heavy atom. The van der Waals surface area contributed by atoms with E-state index in [0.717, 1.165) is 17.0 Å². The largest absolute Gasteiger partial charge is 0.435 e. The lowest BCUT2D eigenvalue weighted by atomic mass is 9.97. The molecule has 0 radical (unpaired) electrons. The number of likely N-dealkylation sites (tertiary alicyclic amines) is 1. The van der Waals surface area contributed by atoms with Crippen LogP contribution in [0.5, 0.6) is 0 Å². The SMILES string of the molecule is Cn1c(-c2cn([C@@H]3CC3(F)F)nc2C(F)(F)F)cnc1C(=O)Nc1ccc(C(=O)N[C@H]2[C@@H]3CN(C(=O)CC(=N)[C@H]4CNC[C@@H]4O)C[C@@H]32)c(Cl)c1. The summed E-state index contributed by atoms with van der Waals surface area (Å²) in [6.45, 7) is 1.74. The average Bonchev–Trinajstić information content (AvgIpc) is 3.49. The zero-order valence-electron chi connectivity index (χ0n) is 26.3. The monoisotopic (exact) mass is 723 g/mol. The summed E-state index contributed by atoms with van der Waals surface area (Å²) in [7, 11) is 1.30. The third kappa shape index (κ3) is 6.23. The molecule has 50 heavy (non-hydrogen) atoms. The number of hydrogen-bond acceptors (Lipinski definition) is 8. The van der Waals surface area contributed by atoms with Crippen LogP contribution in [0.1, 0.15) is 45.6 Å². The van der Waals surface area contributed by atoms with Crippen LogP contribution in [0.3, 0.4) is 0 Å². The van der Waals surface area contributed by atoms with Crippen LogP contribution in [0, 0.1) is 23.2 Å². The van der Waals surface area contributed by atoms with Crippen molar-refractivity contribution in [1.29, 1.82) is 5.41 Å². The van der Waals surface area contributed by atoms with E-state index in [9.17, 15) is 41.4 Å². The molecule has 4 aliphatic rings. The molecule has 7 rings (SSSR count). The standard InChI is InChI=1S/C31H31ClF5N9O4/c1-44-21(18-12-46(23-6-30(23,33)34)43-26(18)31(35,36)37)8-40-27(44)29(50)41-13-2-3-14(19(32)4-13)28(49)42-25-16-10-45(11-17(16)25)24(48)5-20(38)15-7-39-9-22(15)47/h2-4,8,12,15-17,22-23,25,38-39,47H,5-7,9-11H2,1H3,(H,41,50)(H,42,49)/t15-,16-,17+,22+,23-,25+/m1/s1. The van der Waals surface area contributed by atoms with E-state index in [0.29, 0.717) is 30.9 Å². The number of nitrogens with zero attached hydrogens (tertiary/aromatic N) is 5. The number of hydrogen-bond donors (Lipinski definition) is 5. The first-order valence-electron chi connectivity index (χ1n) is 15.8. The van der Waals surface area contributed by atoms with Crippen LogP contribution >= 0.6 is 11.6 Å². The summed E-state index contributed by atoms with van der Waals surface area (Å²) in [6, 6.07) is 2.51. The lowest BCUT2D eigenvalue weighted by Crippen LogP contribution is -2.39. The van der Waals surface area contributed by atoms with Crippen molar-refractivity contribution in [2.45, 2.75) is 43.1 Å². The maximum atomic E-state index is 13.8. The van der Waals surface area contributed by atoms with Crippen LogP contribution < -0.4 is 16.0 Å². The van der Waals surface area contributed by atoms with Crippen LogP contribution in [-0.2, 0) is 18.0 Å². The van der Waals surface area contributed by atoms with Gasteiger partial charge in [-0.05, 0) is 18.2 Å². The van der Waals surface area contributed by atoms with E-state index in [4.69, 9.17) is 17.0 Å². The van der Waals surface area contributed by atoms with E-state index in [2.05, 4.69) is 26.0 Å². The second-order valence-electron chi connectivity index (χ2n) is 13.2. The molecule has 0 spiro atoms. The Morgan fingerprint density at radius 2 is 1.86 bits per heavy atom. The molecule has 3 aromatic rings. The predicted octanol–water partition coefficient (Wildman–Crippen LogP) is 2.96. The summed E-state index contributed by atoms with van der Waals surface area (Å²) in [5, 5.41) is 30.1. The average molecular weight is 724 g/mol. The predicted molar refractivity (Wildman–Crippen MR) is 167 cm³/mol. The second kappa shape index (κ2) is 12.1. The minimum Gasteiger partial charge on any atom is -0.391 e. The van der Waals surface area contributed by atoms with Crippen molar-refractivity contribution >= 4 is 40.7 Å². The normalized spacial score (nSPS) is 26.4. The van der Waals surface area contributed by atoms with Crippen molar-refractivity contribution in [3.05, 3.63) is 52.7 Å². The smallest absolute Gasteiger partial charge is 0.391 e. The van der Waals surface area contributed by atoms with Gasteiger partial charge in [-0.1, -0.05) is 11.6 Å². The number of imidazole rings is 1. The van der Waals surface area contributed by atoms with E-state index in [-0.39, 0.29) is 69.6 Å². The van der Waals surface area contributed by atoms with Gasteiger partial charge in [-0.25, -0.2) is 13.8 Å². The van der Waals surface area contributed by atoms with Crippen molar-refractivity contribution in [1.82, 2.24) is 34.9 Å². The van der Waals surface area contributed by atoms with Crippen LogP contribution in [0.2, 0.25) is 5.02 Å². The number of halogens is 6. The lowest BCUT2D eigenvalue weighted by Gasteiger charge is -2.22. The Kier molecular flexibility index (Phi) is 8.25. The van der Waals surface area contributed by atoms with E-state index < -0.39 is 53.7 Å². The molecule has 1 aromatic carbocycles. The van der Waals surface area contributed by atoms with Crippen molar-refractivity contribution in [2.24, 2.45) is 24.8 Å². The fourth-order valence-electron chi connectivity index (χ4n) is 6.87. The number of fused-ring (bicyclic) bond motifs is 1. The van der Waals surface area contributed by atoms with Crippen LogP contribution in [-0.4, -0.2) is 97.0 Å². The van der Waals surface area contributed by atoms with Gasteiger partial charge in [0.05, 0.1) is 40.6 Å². The molecule has 2 aromatic heterocycles. The van der Waals surface area contributed by atoms with Gasteiger partial charge in [-0.15, -0.1) is 0 Å². The highest BCUT2D eigenvalue weighted by Crippen LogP contribution is 2.53. The highest BCUT2D eigenvalue weighted by molar-refractivity contribution is 6.34. The van der Waals surface area contributed by atoms with Gasteiger partial charge in [-0.3, -0.25) is 19.1 Å². The number of aromatic nitrogens is 4. The maximum absolute atomic E-state index is 13.8. The fraction of sp³-hybridized carbons (Fsp3) is 0.484. The van der Waals surface area contributed by atoms with Crippen LogP contribution in [0.4, 0.5) is 27.6 Å². The minimum atomic E-state index is -4.95. The van der Waals surface area contributed by atoms with Gasteiger partial charge in [0.2, 0.25) is 5.91 Å². The Labute approximate surface area is 285 Å². The molecule has 2 aliphatic heterocycles. The molecule has 2 saturated carbocycles. The van der Waals surface area contributed by atoms with Gasteiger partial charge >= 0.3 is 6.18 Å². The summed E-state index contributed by atoms with van der Waals surface area (Å²) in [5.74, 6) is -5.13. The number of benzene rings is 1. The summed E-state index contributed by atoms with van der Waals surface area (Å²) in [5.41, 5.74) is -1.55. The number of nitrogens with one attached hydrogen (secondary N) is 4. The molecule has 6 atom stereocenters. The van der Waals surface area contributed by atoms with Crippen molar-refractivity contribution < 1.29 is 41.4 Å². The zero-order chi connectivity index (χ0) is 35.9. The quantitative estimate of drug-likeness (QED) is 0.167. The van der Waals surface area contributed by atoms with E-state index in [1.165, 1.54) is 25.2 Å². The van der Waals surface area contributed by atoms with E-state index >= 15 is 0 Å². The van der Waals surface area contributed by atoms with Crippen molar-refractivity contribution in [3.63, 3.8) is 0 Å². The molecule has 0 unspecified atom stereocenters. The molecule has 2 saturated heterocycles. The number of aliphatic hydroxyl groups excluding tert-OH is 1. The minimum absolute atomic E-state index is 0.0182. The maximum Gasteiger partial charge on any atom is 0.435 e. The Hall–Kier alpha value is -4.42. The number of rotatable bonds is 9. The number of piperidine rings is 1. The third-order valence-corrected chi connectivity index (χ3v) is 10.2. The van der Waals surface area contributed by atoms with E-state index in [1.807, 2.05) is 0 Å². The Balaban J connectivity index is 0.950. The van der Waals surface area contributed by atoms with Crippen LogP contribution in [0.25, 0.3) is 11.3 Å². The first-order chi connectivity index (χ1) is 23.5. The molecule has 2 aliphatic carbocycles. The molecule has 3 amide bonds. The molecular formula is C31H31ClF5N9O4. The van der Waals surface area contributed by atoms with Gasteiger partial charge < -0.3 is 35.9 Å². The number of carbonyl (C=O) groups excluding carboxylic acids is 3. The molecule has 4 fully saturated rings. The number of anilines is 1. The zero-order valence-corrected chi connectivity index (χ0v) is 27.0. The topological polar surface area (TPSA) is 170 Å². The first kappa shape index (κ1) is 34.0. The molecule has 4 heterocycles. The third-order valence-electron chi connectivity index (χ3n) is 9.87. The van der Waals surface area contributed by atoms with Gasteiger partial charge in [0.15, 0.2) is 11.5 Å². The Morgan fingerprint density at radius 1 is 1.16 bits per heavy atom. The molecule has 0 bridgehead atoms. The van der Waals surface area contributed by atoms with Crippen LogP contribution in [0.15, 0.2) is 30.6 Å². The molecule has 19 heteroatoms. The van der Waals surface area contributed by atoms with Gasteiger partial charge in [0.1, 0.15) is 6.04 Å².